The maximum Gasteiger partial charge on any atom is 0.509 e. The van der Waals surface area contributed by atoms with Crippen molar-refractivity contribution in [3.05, 3.63) is 35.4 Å². The Hall–Kier alpha value is -2.25. The zero-order chi connectivity index (χ0) is 17.1. The maximum absolute atomic E-state index is 13.3. The Morgan fingerprint density at radius 2 is 1.71 bits per heavy atom. The molecule has 24 heavy (non-hydrogen) atoms. The molecule has 2 aliphatic heterocycles. The van der Waals surface area contributed by atoms with E-state index in [-0.39, 0.29) is 24.6 Å². The van der Waals surface area contributed by atoms with Crippen LogP contribution in [0.4, 0.5) is 18.0 Å². The largest absolute Gasteiger partial charge is 0.509 e. The van der Waals surface area contributed by atoms with E-state index in [0.29, 0.717) is 12.8 Å². The van der Waals surface area contributed by atoms with Gasteiger partial charge < -0.3 is 14.4 Å². The van der Waals surface area contributed by atoms with Crippen LogP contribution in [0.15, 0.2) is 24.3 Å². The van der Waals surface area contributed by atoms with Gasteiger partial charge in [0.05, 0.1) is 24.1 Å². The van der Waals surface area contributed by atoms with E-state index in [1.165, 1.54) is 23.1 Å². The van der Waals surface area contributed by atoms with Crippen molar-refractivity contribution in [2.24, 2.45) is 0 Å². The highest BCUT2D eigenvalue weighted by Crippen LogP contribution is 2.53. The summed E-state index contributed by atoms with van der Waals surface area (Å²) in [5, 5.41) is 0. The highest BCUT2D eigenvalue weighted by Gasteiger charge is 2.58. The highest BCUT2D eigenvalue weighted by atomic mass is 19.4. The van der Waals surface area contributed by atoms with Crippen LogP contribution < -0.4 is 0 Å². The summed E-state index contributed by atoms with van der Waals surface area (Å²) in [7, 11) is 0. The fourth-order valence-electron chi connectivity index (χ4n) is 3.58. The zero-order valence-corrected chi connectivity index (χ0v) is 12.5. The number of alkyl halides is 3. The van der Waals surface area contributed by atoms with E-state index in [1.54, 1.807) is 0 Å². The van der Waals surface area contributed by atoms with Crippen LogP contribution in [0.2, 0.25) is 0 Å². The molecule has 4 rings (SSSR count). The Labute approximate surface area is 135 Å². The van der Waals surface area contributed by atoms with Gasteiger partial charge in [0, 0.05) is 0 Å². The fraction of sp³-hybridized carbons (Fsp3) is 0.500. The molecular formula is C16H14F3NO4. The molecule has 0 N–H and O–H groups in total. The Kier molecular flexibility index (Phi) is 3.10. The predicted octanol–water partition coefficient (Wildman–Crippen LogP) is 2.48. The first-order valence-electron chi connectivity index (χ1n) is 7.65. The minimum absolute atomic E-state index is 0.0254. The van der Waals surface area contributed by atoms with Crippen molar-refractivity contribution in [2.75, 3.05) is 13.1 Å². The number of rotatable bonds is 2. The molecule has 1 amide bonds. The number of nitrogens with zero attached hydrogens (tertiary/aromatic N) is 1. The van der Waals surface area contributed by atoms with Crippen molar-refractivity contribution in [1.29, 1.82) is 0 Å². The first-order chi connectivity index (χ1) is 11.3. The molecule has 0 aromatic heterocycles. The van der Waals surface area contributed by atoms with Gasteiger partial charge in [0.1, 0.15) is 0 Å². The van der Waals surface area contributed by atoms with E-state index < -0.39 is 35.5 Å². The number of benzene rings is 1. The number of likely N-dealkylation sites (tertiary alicyclic amines) is 1. The number of amides is 1. The first-order valence-corrected chi connectivity index (χ1v) is 7.65. The van der Waals surface area contributed by atoms with Crippen LogP contribution in [0.5, 0.6) is 0 Å². The minimum atomic E-state index is -4.51. The lowest BCUT2D eigenvalue weighted by atomic mass is 9.89. The molecule has 2 atom stereocenters. The molecule has 0 radical (unpaired) electrons. The summed E-state index contributed by atoms with van der Waals surface area (Å²) in [5.74, 6) is -0.353. The van der Waals surface area contributed by atoms with Crippen LogP contribution in [-0.2, 0) is 25.9 Å². The Balaban J connectivity index is 1.61. The second kappa shape index (κ2) is 4.87. The predicted molar refractivity (Wildman–Crippen MR) is 74.1 cm³/mol. The second-order valence-electron chi connectivity index (χ2n) is 6.40. The van der Waals surface area contributed by atoms with Gasteiger partial charge in [-0.1, -0.05) is 18.2 Å². The molecule has 0 unspecified atom stereocenters. The van der Waals surface area contributed by atoms with Crippen molar-refractivity contribution < 1.29 is 32.2 Å². The number of hydrogen-bond donors (Lipinski definition) is 0. The molecule has 3 aliphatic rings. The molecule has 128 valence electrons. The van der Waals surface area contributed by atoms with E-state index in [2.05, 4.69) is 0 Å². The third-order valence-electron chi connectivity index (χ3n) is 4.91. The molecule has 1 aliphatic carbocycles. The number of fused-ring (bicyclic) bond motifs is 1. The molecule has 2 saturated heterocycles. The van der Waals surface area contributed by atoms with Crippen molar-refractivity contribution >= 4 is 12.1 Å². The number of carbonyl (C=O) groups is 2. The van der Waals surface area contributed by atoms with E-state index in [9.17, 15) is 22.8 Å². The van der Waals surface area contributed by atoms with Crippen LogP contribution in [0.3, 0.4) is 0 Å². The number of halogens is 3. The summed E-state index contributed by atoms with van der Waals surface area (Å²) in [5.41, 5.74) is -1.87. The zero-order valence-electron chi connectivity index (χ0n) is 12.5. The normalized spacial score (nSPS) is 27.5. The smallest absolute Gasteiger partial charge is 0.425 e. The number of carbonyl (C=O) groups excluding carboxylic acids is 2. The molecule has 1 aromatic carbocycles. The first kappa shape index (κ1) is 15.3. The maximum atomic E-state index is 13.3. The van der Waals surface area contributed by atoms with Crippen LogP contribution in [0.25, 0.3) is 0 Å². The summed E-state index contributed by atoms with van der Waals surface area (Å²) < 4.78 is 49.7. The molecule has 3 fully saturated rings. The molecule has 8 heteroatoms. The second-order valence-corrected chi connectivity index (χ2v) is 6.40. The molecule has 5 nitrogen and oxygen atoms in total. The fourth-order valence-corrected chi connectivity index (χ4v) is 3.58. The standard InChI is InChI=1S/C16H14F3NO4/c17-16(18,19)10-4-2-1-3-9(10)15(5-6-15)13(21)20-7-11-12(8-20)24-14(22)23-11/h1-4,11-12H,5-8H2/t11-,12+. The highest BCUT2D eigenvalue weighted by molar-refractivity contribution is 5.92. The van der Waals surface area contributed by atoms with Gasteiger partial charge in [0.2, 0.25) is 5.91 Å². The van der Waals surface area contributed by atoms with E-state index >= 15 is 0 Å². The van der Waals surface area contributed by atoms with Gasteiger partial charge in [0.15, 0.2) is 12.2 Å². The van der Waals surface area contributed by atoms with Gasteiger partial charge in [-0.3, -0.25) is 4.79 Å². The number of hydrogen-bond acceptors (Lipinski definition) is 4. The van der Waals surface area contributed by atoms with Crippen molar-refractivity contribution in [1.82, 2.24) is 4.90 Å². The van der Waals surface area contributed by atoms with Crippen molar-refractivity contribution in [2.45, 2.75) is 36.6 Å². The van der Waals surface area contributed by atoms with E-state index in [0.717, 1.165) is 6.07 Å². The average molecular weight is 341 g/mol. The molecule has 0 spiro atoms. The molecule has 2 heterocycles. The van der Waals surface area contributed by atoms with E-state index in [1.807, 2.05) is 0 Å². The molecular weight excluding hydrogens is 327 g/mol. The third-order valence-corrected chi connectivity index (χ3v) is 4.91. The van der Waals surface area contributed by atoms with Gasteiger partial charge >= 0.3 is 12.3 Å². The lowest BCUT2D eigenvalue weighted by Gasteiger charge is -2.25. The quantitative estimate of drug-likeness (QED) is 0.776. The SMILES string of the molecule is O=C1O[C@H]2CN(C(=O)C3(c4ccccc4C(F)(F)F)CC3)C[C@H]2O1. The van der Waals surface area contributed by atoms with Gasteiger partial charge in [-0.05, 0) is 24.5 Å². The van der Waals surface area contributed by atoms with Crippen molar-refractivity contribution in [3.63, 3.8) is 0 Å². The monoisotopic (exact) mass is 341 g/mol. The lowest BCUT2D eigenvalue weighted by Crippen LogP contribution is -2.40. The van der Waals surface area contributed by atoms with Crippen LogP contribution in [0.1, 0.15) is 24.0 Å². The Bertz CT molecular complexity index is 698. The topological polar surface area (TPSA) is 55.8 Å². The summed E-state index contributed by atoms with van der Waals surface area (Å²) in [4.78, 5) is 25.4. The minimum Gasteiger partial charge on any atom is -0.425 e. The summed E-state index contributed by atoms with van der Waals surface area (Å²) >= 11 is 0. The summed E-state index contributed by atoms with van der Waals surface area (Å²) in [6, 6.07) is 5.22. The van der Waals surface area contributed by atoms with Crippen LogP contribution in [-0.4, -0.2) is 42.3 Å². The van der Waals surface area contributed by atoms with Crippen LogP contribution >= 0.6 is 0 Å². The molecule has 1 aromatic rings. The Morgan fingerprint density at radius 1 is 1.12 bits per heavy atom. The lowest BCUT2D eigenvalue weighted by molar-refractivity contribution is -0.140. The van der Waals surface area contributed by atoms with Gasteiger partial charge in [-0.25, -0.2) is 4.79 Å². The molecule has 1 saturated carbocycles. The van der Waals surface area contributed by atoms with Gasteiger partial charge in [-0.15, -0.1) is 0 Å². The third kappa shape index (κ3) is 2.23. The summed E-state index contributed by atoms with van der Waals surface area (Å²) in [6.07, 6.45) is -5.57. The summed E-state index contributed by atoms with van der Waals surface area (Å²) in [6.45, 7) is 0.316. The van der Waals surface area contributed by atoms with Gasteiger partial charge in [0.25, 0.3) is 0 Å². The van der Waals surface area contributed by atoms with Crippen molar-refractivity contribution in [3.8, 4) is 0 Å². The van der Waals surface area contributed by atoms with E-state index in [4.69, 9.17) is 9.47 Å². The average Bonchev–Trinajstić information content (AvgIpc) is 3.13. The number of ether oxygens (including phenoxy) is 2. The molecule has 0 bridgehead atoms. The Morgan fingerprint density at radius 3 is 2.25 bits per heavy atom. The van der Waals surface area contributed by atoms with Crippen LogP contribution in [0, 0.1) is 0 Å². The van der Waals surface area contributed by atoms with Gasteiger partial charge in [-0.2, -0.15) is 13.2 Å².